The van der Waals surface area contributed by atoms with Crippen molar-refractivity contribution in [3.63, 3.8) is 0 Å². The van der Waals surface area contributed by atoms with Crippen LogP contribution in [0.15, 0.2) is 23.6 Å². The van der Waals surface area contributed by atoms with Gasteiger partial charge in [0.15, 0.2) is 5.82 Å². The summed E-state index contributed by atoms with van der Waals surface area (Å²) < 4.78 is 5.75. The maximum atomic E-state index is 9.40. The third-order valence-corrected chi connectivity index (χ3v) is 4.54. The van der Waals surface area contributed by atoms with Crippen LogP contribution in [0.3, 0.4) is 0 Å². The maximum Gasteiger partial charge on any atom is 0.153 e. The summed E-state index contributed by atoms with van der Waals surface area (Å²) in [6, 6.07) is 5.94. The van der Waals surface area contributed by atoms with Crippen LogP contribution in [0.25, 0.3) is 0 Å². The molecule has 0 aliphatic carbocycles. The zero-order valence-corrected chi connectivity index (χ0v) is 15.0. The van der Waals surface area contributed by atoms with Crippen LogP contribution in [0.2, 0.25) is 0 Å². The van der Waals surface area contributed by atoms with Crippen molar-refractivity contribution in [2.45, 2.75) is 20.0 Å². The first-order valence-corrected chi connectivity index (χ1v) is 9.05. The molecule has 2 aromatic rings. The van der Waals surface area contributed by atoms with Crippen LogP contribution < -0.4 is 10.6 Å². The van der Waals surface area contributed by atoms with Crippen molar-refractivity contribution in [3.8, 4) is 6.07 Å². The van der Waals surface area contributed by atoms with Gasteiger partial charge in [0.2, 0.25) is 0 Å². The number of ether oxygens (including phenoxy) is 1. The zero-order valence-electron chi connectivity index (χ0n) is 14.2. The normalized spacial score (nSPS) is 16.0. The predicted molar refractivity (Wildman–Crippen MR) is 100 cm³/mol. The lowest BCUT2D eigenvalue weighted by Crippen LogP contribution is -2.17. The molecule has 7 nitrogen and oxygen atoms in total. The molecule has 1 unspecified atom stereocenters. The number of nitrogens with zero attached hydrogens (tertiary/aromatic N) is 3. The molecule has 0 bridgehead atoms. The monoisotopic (exact) mass is 356 g/mol. The van der Waals surface area contributed by atoms with Crippen LogP contribution in [-0.4, -0.2) is 40.2 Å². The molecule has 1 aliphatic heterocycles. The highest BCUT2D eigenvalue weighted by molar-refractivity contribution is 8.02. The molecule has 8 heteroatoms. The number of hydrogen-bond donors (Lipinski definition) is 3. The molecule has 1 atom stereocenters. The Morgan fingerprint density at radius 1 is 1.40 bits per heavy atom. The van der Waals surface area contributed by atoms with Gasteiger partial charge in [0.1, 0.15) is 17.7 Å². The Bertz CT molecular complexity index is 810. The fraction of sp³-hybridized carbons (Fsp3) is 0.353. The van der Waals surface area contributed by atoms with Gasteiger partial charge in [0.25, 0.3) is 0 Å². The number of nitrogens with one attached hydrogen (secondary N) is 3. The highest BCUT2D eigenvalue weighted by atomic mass is 32.2. The van der Waals surface area contributed by atoms with E-state index in [4.69, 9.17) is 4.74 Å². The first kappa shape index (κ1) is 17.3. The van der Waals surface area contributed by atoms with Crippen molar-refractivity contribution in [2.75, 3.05) is 29.5 Å². The van der Waals surface area contributed by atoms with Gasteiger partial charge in [-0.25, -0.2) is 4.98 Å². The molecule has 3 rings (SSSR count). The minimum absolute atomic E-state index is 0.174. The molecular formula is C17H20N6OS. The summed E-state index contributed by atoms with van der Waals surface area (Å²) in [5.41, 5.74) is 2.35. The summed E-state index contributed by atoms with van der Waals surface area (Å²) in [5, 5.41) is 24.8. The molecule has 0 radical (unpaired) electrons. The summed E-state index contributed by atoms with van der Waals surface area (Å²) in [4.78, 5) is 4.51. The van der Waals surface area contributed by atoms with E-state index in [2.05, 4.69) is 43.4 Å². The van der Waals surface area contributed by atoms with Gasteiger partial charge in [0.05, 0.1) is 18.3 Å². The molecule has 25 heavy (non-hydrogen) atoms. The van der Waals surface area contributed by atoms with Gasteiger partial charge in [0, 0.05) is 24.1 Å². The number of thioether (sulfide) groups is 1. The molecule has 0 saturated heterocycles. The van der Waals surface area contributed by atoms with Crippen molar-refractivity contribution in [2.24, 2.45) is 0 Å². The van der Waals surface area contributed by atoms with Gasteiger partial charge in [-0.15, -0.1) is 11.8 Å². The molecular weight excluding hydrogens is 336 g/mol. The van der Waals surface area contributed by atoms with Crippen LogP contribution in [0.4, 0.5) is 17.5 Å². The fourth-order valence-corrected chi connectivity index (χ4v) is 3.25. The molecule has 0 saturated carbocycles. The second-order valence-corrected chi connectivity index (χ2v) is 6.66. The molecule has 3 heterocycles. The SMILES string of the molecule is Cc1cc(Nc2cc(C)c(C#N)c(NCCOC3C=CSC3)n2)n[nH]1. The van der Waals surface area contributed by atoms with E-state index >= 15 is 0 Å². The van der Waals surface area contributed by atoms with E-state index in [1.54, 1.807) is 11.8 Å². The van der Waals surface area contributed by atoms with E-state index < -0.39 is 0 Å². The van der Waals surface area contributed by atoms with Crippen molar-refractivity contribution in [1.82, 2.24) is 15.2 Å². The smallest absolute Gasteiger partial charge is 0.153 e. The summed E-state index contributed by atoms with van der Waals surface area (Å²) in [6.45, 7) is 4.96. The van der Waals surface area contributed by atoms with Gasteiger partial charge in [-0.1, -0.05) is 0 Å². The maximum absolute atomic E-state index is 9.40. The van der Waals surface area contributed by atoms with Crippen LogP contribution in [0.5, 0.6) is 0 Å². The summed E-state index contributed by atoms with van der Waals surface area (Å²) >= 11 is 1.75. The average molecular weight is 356 g/mol. The van der Waals surface area contributed by atoms with Gasteiger partial charge >= 0.3 is 0 Å². The fourth-order valence-electron chi connectivity index (χ4n) is 2.45. The third-order valence-electron chi connectivity index (χ3n) is 3.67. The van der Waals surface area contributed by atoms with Gasteiger partial charge in [-0.05, 0) is 37.0 Å². The molecule has 0 aromatic carbocycles. The molecule has 0 spiro atoms. The lowest BCUT2D eigenvalue weighted by Gasteiger charge is -2.13. The van der Waals surface area contributed by atoms with Crippen molar-refractivity contribution < 1.29 is 4.74 Å². The number of hydrogen-bond acceptors (Lipinski definition) is 7. The quantitative estimate of drug-likeness (QED) is 0.656. The first-order valence-electron chi connectivity index (χ1n) is 8.00. The van der Waals surface area contributed by atoms with E-state index in [0.717, 1.165) is 17.0 Å². The lowest BCUT2D eigenvalue weighted by molar-refractivity contribution is 0.111. The van der Waals surface area contributed by atoms with Crippen LogP contribution in [0.1, 0.15) is 16.8 Å². The number of aromatic amines is 1. The van der Waals surface area contributed by atoms with Gasteiger partial charge < -0.3 is 15.4 Å². The number of aromatic nitrogens is 3. The highest BCUT2D eigenvalue weighted by Gasteiger charge is 2.12. The number of anilines is 3. The predicted octanol–water partition coefficient (Wildman–Crippen LogP) is 3.09. The minimum Gasteiger partial charge on any atom is -0.371 e. The largest absolute Gasteiger partial charge is 0.371 e. The molecule has 0 fully saturated rings. The number of nitriles is 1. The number of aryl methyl sites for hydroxylation is 2. The van der Waals surface area contributed by atoms with Crippen molar-refractivity contribution >= 4 is 29.2 Å². The number of rotatable bonds is 7. The van der Waals surface area contributed by atoms with E-state index in [1.165, 1.54) is 0 Å². The molecule has 1 aliphatic rings. The second kappa shape index (κ2) is 8.05. The average Bonchev–Trinajstić information content (AvgIpc) is 3.23. The van der Waals surface area contributed by atoms with E-state index in [1.807, 2.05) is 26.0 Å². The summed E-state index contributed by atoms with van der Waals surface area (Å²) in [6.07, 6.45) is 2.23. The van der Waals surface area contributed by atoms with Gasteiger partial charge in [-0.3, -0.25) is 5.10 Å². The Hall–Kier alpha value is -2.50. The molecule has 3 N–H and O–H groups in total. The first-order chi connectivity index (χ1) is 12.2. The second-order valence-electron chi connectivity index (χ2n) is 5.72. The highest BCUT2D eigenvalue weighted by Crippen LogP contribution is 2.23. The zero-order chi connectivity index (χ0) is 17.6. The summed E-state index contributed by atoms with van der Waals surface area (Å²) in [7, 11) is 0. The van der Waals surface area contributed by atoms with Crippen molar-refractivity contribution in [1.29, 1.82) is 5.26 Å². The van der Waals surface area contributed by atoms with Crippen LogP contribution in [0, 0.1) is 25.2 Å². The van der Waals surface area contributed by atoms with Crippen LogP contribution in [-0.2, 0) is 4.74 Å². The van der Waals surface area contributed by atoms with E-state index in [9.17, 15) is 5.26 Å². The minimum atomic E-state index is 0.174. The van der Waals surface area contributed by atoms with Crippen LogP contribution >= 0.6 is 11.8 Å². The Labute approximate surface area is 150 Å². The number of pyridine rings is 1. The van der Waals surface area contributed by atoms with Crippen molar-refractivity contribution in [3.05, 3.63) is 40.4 Å². The topological polar surface area (TPSA) is 98.7 Å². The molecule has 0 amide bonds. The number of H-pyrrole nitrogens is 1. The Morgan fingerprint density at radius 2 is 2.28 bits per heavy atom. The third kappa shape index (κ3) is 4.53. The Kier molecular flexibility index (Phi) is 5.58. The standard InChI is InChI=1S/C17H20N6OS/c1-11-7-15(20-16-8-12(2)22-23-16)21-17(14(11)9-18)19-4-5-24-13-3-6-25-10-13/h3,6-8,13H,4-5,10H2,1-2H3,(H3,19,20,21,22,23). The van der Waals surface area contributed by atoms with E-state index in [0.29, 0.717) is 36.2 Å². The molecule has 2 aromatic heterocycles. The van der Waals surface area contributed by atoms with E-state index in [-0.39, 0.29) is 6.10 Å². The summed E-state index contributed by atoms with van der Waals surface area (Å²) in [5.74, 6) is 2.84. The molecule has 130 valence electrons. The Morgan fingerprint density at radius 3 is 2.96 bits per heavy atom. The van der Waals surface area contributed by atoms with Gasteiger partial charge in [-0.2, -0.15) is 10.4 Å². The Balaban J connectivity index is 1.65. The lowest BCUT2D eigenvalue weighted by atomic mass is 10.1.